The predicted octanol–water partition coefficient (Wildman–Crippen LogP) is 2.90. The Labute approximate surface area is 165 Å². The summed E-state index contributed by atoms with van der Waals surface area (Å²) in [5.41, 5.74) is 1.06. The SMILES string of the molecule is Cc1nnc(CNC(=NCc2ccoc2)NC2CCCCC2)n1C.I. The highest BCUT2D eigenvalue weighted by atomic mass is 127. The summed E-state index contributed by atoms with van der Waals surface area (Å²) < 4.78 is 7.10. The maximum atomic E-state index is 5.11. The van der Waals surface area contributed by atoms with Crippen molar-refractivity contribution in [2.45, 2.75) is 58.2 Å². The molecule has 2 heterocycles. The average Bonchev–Trinajstić information content (AvgIpc) is 3.23. The van der Waals surface area contributed by atoms with Gasteiger partial charge in [-0.3, -0.25) is 0 Å². The molecular formula is C17H27IN6O. The normalized spacial score (nSPS) is 15.7. The standard InChI is InChI=1S/C17H26N6O.HI/c1-13-21-22-16(23(13)2)11-19-17(18-10-14-8-9-24-12-14)20-15-6-4-3-5-7-15;/h8-9,12,15H,3-7,10-11H2,1-2H3,(H2,18,19,20);1H. The van der Waals surface area contributed by atoms with E-state index in [0.717, 1.165) is 23.2 Å². The molecule has 1 fully saturated rings. The molecule has 0 saturated heterocycles. The predicted molar refractivity (Wildman–Crippen MR) is 108 cm³/mol. The topological polar surface area (TPSA) is 80.3 Å². The van der Waals surface area contributed by atoms with Gasteiger partial charge in [-0.15, -0.1) is 34.2 Å². The third kappa shape index (κ3) is 5.72. The van der Waals surface area contributed by atoms with Crippen molar-refractivity contribution in [1.29, 1.82) is 0 Å². The number of furan rings is 1. The first-order valence-corrected chi connectivity index (χ1v) is 8.63. The van der Waals surface area contributed by atoms with Crippen molar-refractivity contribution >= 4 is 29.9 Å². The van der Waals surface area contributed by atoms with Gasteiger partial charge in [-0.2, -0.15) is 0 Å². The lowest BCUT2D eigenvalue weighted by atomic mass is 9.96. The highest BCUT2D eigenvalue weighted by molar-refractivity contribution is 14.0. The van der Waals surface area contributed by atoms with Gasteiger partial charge in [-0.1, -0.05) is 19.3 Å². The summed E-state index contributed by atoms with van der Waals surface area (Å²) in [5.74, 6) is 2.63. The van der Waals surface area contributed by atoms with E-state index < -0.39 is 0 Å². The maximum Gasteiger partial charge on any atom is 0.192 e. The van der Waals surface area contributed by atoms with E-state index in [4.69, 9.17) is 4.42 Å². The fraction of sp³-hybridized carbons (Fsp3) is 0.588. The van der Waals surface area contributed by atoms with E-state index in [1.165, 1.54) is 32.1 Å². The van der Waals surface area contributed by atoms with Gasteiger partial charge in [0.1, 0.15) is 5.82 Å². The van der Waals surface area contributed by atoms with Crippen molar-refractivity contribution in [3.8, 4) is 0 Å². The Balaban J connectivity index is 0.00000225. The third-order valence-electron chi connectivity index (χ3n) is 4.54. The lowest BCUT2D eigenvalue weighted by Gasteiger charge is -2.25. The van der Waals surface area contributed by atoms with E-state index in [2.05, 4.69) is 25.8 Å². The molecule has 7 nitrogen and oxygen atoms in total. The Morgan fingerprint density at radius 3 is 2.76 bits per heavy atom. The van der Waals surface area contributed by atoms with Gasteiger partial charge >= 0.3 is 0 Å². The van der Waals surface area contributed by atoms with Gasteiger partial charge < -0.3 is 19.6 Å². The number of hydrogen-bond acceptors (Lipinski definition) is 4. The van der Waals surface area contributed by atoms with Gasteiger partial charge in [-0.05, 0) is 25.8 Å². The lowest BCUT2D eigenvalue weighted by molar-refractivity contribution is 0.409. The first-order chi connectivity index (χ1) is 11.7. The average molecular weight is 458 g/mol. The summed E-state index contributed by atoms with van der Waals surface area (Å²) in [5, 5.41) is 15.2. The molecule has 1 saturated carbocycles. The second-order valence-electron chi connectivity index (χ2n) is 6.35. The number of nitrogens with zero attached hydrogens (tertiary/aromatic N) is 4. The smallest absolute Gasteiger partial charge is 0.192 e. The largest absolute Gasteiger partial charge is 0.472 e. The van der Waals surface area contributed by atoms with Crippen molar-refractivity contribution in [2.24, 2.45) is 12.0 Å². The molecule has 2 aromatic heterocycles. The van der Waals surface area contributed by atoms with Crippen LogP contribution < -0.4 is 10.6 Å². The first kappa shape index (κ1) is 19.7. The zero-order chi connectivity index (χ0) is 16.8. The number of aromatic nitrogens is 3. The lowest BCUT2D eigenvalue weighted by Crippen LogP contribution is -2.44. The molecular weight excluding hydrogens is 431 g/mol. The fourth-order valence-corrected chi connectivity index (χ4v) is 2.91. The van der Waals surface area contributed by atoms with E-state index in [1.54, 1.807) is 12.5 Å². The number of aliphatic imine (C=N–C) groups is 1. The van der Waals surface area contributed by atoms with Crippen LogP contribution in [0.1, 0.15) is 49.3 Å². The van der Waals surface area contributed by atoms with E-state index in [-0.39, 0.29) is 24.0 Å². The molecule has 1 aliphatic carbocycles. The Hall–Kier alpha value is -1.58. The van der Waals surface area contributed by atoms with Crippen LogP contribution >= 0.6 is 24.0 Å². The van der Waals surface area contributed by atoms with Gasteiger partial charge in [-0.25, -0.2) is 4.99 Å². The quantitative estimate of drug-likeness (QED) is 0.409. The molecule has 0 spiro atoms. The number of guanidine groups is 1. The summed E-state index contributed by atoms with van der Waals surface area (Å²) >= 11 is 0. The highest BCUT2D eigenvalue weighted by Gasteiger charge is 2.15. The van der Waals surface area contributed by atoms with Crippen LogP contribution in [0.5, 0.6) is 0 Å². The Morgan fingerprint density at radius 1 is 1.32 bits per heavy atom. The molecule has 0 amide bonds. The molecule has 0 aromatic carbocycles. The molecule has 138 valence electrons. The molecule has 0 radical (unpaired) electrons. The van der Waals surface area contributed by atoms with Crippen LogP contribution in [0, 0.1) is 6.92 Å². The molecule has 25 heavy (non-hydrogen) atoms. The highest BCUT2D eigenvalue weighted by Crippen LogP contribution is 2.17. The van der Waals surface area contributed by atoms with Crippen LogP contribution in [0.2, 0.25) is 0 Å². The molecule has 0 unspecified atom stereocenters. The summed E-state index contributed by atoms with van der Waals surface area (Å²) in [6, 6.07) is 2.43. The minimum Gasteiger partial charge on any atom is -0.472 e. The van der Waals surface area contributed by atoms with Crippen LogP contribution in [-0.2, 0) is 20.1 Å². The molecule has 0 bridgehead atoms. The summed E-state index contributed by atoms with van der Waals surface area (Å²) in [4.78, 5) is 4.69. The molecule has 1 aliphatic rings. The number of rotatable bonds is 5. The fourth-order valence-electron chi connectivity index (χ4n) is 2.91. The minimum atomic E-state index is 0. The van der Waals surface area contributed by atoms with Gasteiger partial charge in [0.05, 0.1) is 25.6 Å². The number of hydrogen-bond donors (Lipinski definition) is 2. The van der Waals surface area contributed by atoms with Crippen LogP contribution in [0.3, 0.4) is 0 Å². The van der Waals surface area contributed by atoms with Gasteiger partial charge in [0.25, 0.3) is 0 Å². The number of halogens is 1. The molecule has 0 aliphatic heterocycles. The van der Waals surface area contributed by atoms with E-state index in [0.29, 0.717) is 19.1 Å². The van der Waals surface area contributed by atoms with Crippen molar-refractivity contribution < 1.29 is 4.42 Å². The molecule has 0 atom stereocenters. The second kappa shape index (κ2) is 9.79. The molecule has 3 rings (SSSR count). The molecule has 2 aromatic rings. The van der Waals surface area contributed by atoms with Crippen LogP contribution in [0.4, 0.5) is 0 Å². The summed E-state index contributed by atoms with van der Waals surface area (Å²) in [7, 11) is 1.98. The van der Waals surface area contributed by atoms with E-state index >= 15 is 0 Å². The minimum absolute atomic E-state index is 0. The first-order valence-electron chi connectivity index (χ1n) is 8.63. The van der Waals surface area contributed by atoms with Crippen LogP contribution in [0.15, 0.2) is 28.0 Å². The zero-order valence-corrected chi connectivity index (χ0v) is 17.2. The van der Waals surface area contributed by atoms with Crippen molar-refractivity contribution in [2.75, 3.05) is 0 Å². The van der Waals surface area contributed by atoms with Crippen molar-refractivity contribution in [1.82, 2.24) is 25.4 Å². The Bertz CT molecular complexity index is 661. The Morgan fingerprint density at radius 2 is 2.12 bits per heavy atom. The van der Waals surface area contributed by atoms with E-state index in [9.17, 15) is 0 Å². The van der Waals surface area contributed by atoms with Crippen molar-refractivity contribution in [3.05, 3.63) is 35.8 Å². The van der Waals surface area contributed by atoms with Gasteiger partial charge in [0, 0.05) is 18.7 Å². The number of nitrogens with one attached hydrogen (secondary N) is 2. The third-order valence-corrected chi connectivity index (χ3v) is 4.54. The summed E-state index contributed by atoms with van der Waals surface area (Å²) in [6.45, 7) is 3.14. The van der Waals surface area contributed by atoms with Crippen LogP contribution in [-0.4, -0.2) is 26.8 Å². The molecule has 2 N–H and O–H groups in total. The summed E-state index contributed by atoms with van der Waals surface area (Å²) in [6.07, 6.45) is 9.73. The monoisotopic (exact) mass is 458 g/mol. The van der Waals surface area contributed by atoms with Gasteiger partial charge in [0.2, 0.25) is 0 Å². The Kier molecular flexibility index (Phi) is 7.73. The maximum absolute atomic E-state index is 5.11. The second-order valence-corrected chi connectivity index (χ2v) is 6.35. The van der Waals surface area contributed by atoms with Crippen molar-refractivity contribution in [3.63, 3.8) is 0 Å². The van der Waals surface area contributed by atoms with Crippen LogP contribution in [0.25, 0.3) is 0 Å². The van der Waals surface area contributed by atoms with E-state index in [1.807, 2.05) is 24.6 Å². The zero-order valence-electron chi connectivity index (χ0n) is 14.9. The molecule has 8 heteroatoms. The van der Waals surface area contributed by atoms with Gasteiger partial charge in [0.15, 0.2) is 11.8 Å². The number of aryl methyl sites for hydroxylation is 1.